The number of fused-ring (bicyclic) bond motifs is 2. The third-order valence-corrected chi connectivity index (χ3v) is 5.49. The van der Waals surface area contributed by atoms with Crippen LogP contribution in [0, 0.1) is 0 Å². The van der Waals surface area contributed by atoms with Gasteiger partial charge >= 0.3 is 0 Å². The van der Waals surface area contributed by atoms with Crippen molar-refractivity contribution in [2.24, 2.45) is 0 Å². The molecular formula is C22H24O2. The molecule has 0 aliphatic heterocycles. The zero-order chi connectivity index (χ0) is 16.5. The van der Waals surface area contributed by atoms with E-state index in [0.29, 0.717) is 5.92 Å². The summed E-state index contributed by atoms with van der Waals surface area (Å²) >= 11 is 0. The smallest absolute Gasteiger partial charge is 0.119 e. The average molecular weight is 320 g/mol. The highest BCUT2D eigenvalue weighted by molar-refractivity contribution is 5.63. The first-order chi connectivity index (χ1) is 11.8. The molecule has 4 rings (SSSR count). The highest BCUT2D eigenvalue weighted by Crippen LogP contribution is 2.42. The topological polar surface area (TPSA) is 18.5 Å². The van der Waals surface area contributed by atoms with Gasteiger partial charge in [-0.2, -0.15) is 0 Å². The maximum absolute atomic E-state index is 5.40. The summed E-state index contributed by atoms with van der Waals surface area (Å²) in [6.07, 6.45) is 8.37. The van der Waals surface area contributed by atoms with Gasteiger partial charge in [0.2, 0.25) is 0 Å². The van der Waals surface area contributed by atoms with Gasteiger partial charge in [0.1, 0.15) is 11.5 Å². The molecule has 0 fully saturated rings. The second-order valence-electron chi connectivity index (χ2n) is 6.79. The van der Waals surface area contributed by atoms with Gasteiger partial charge in [0, 0.05) is 5.92 Å². The summed E-state index contributed by atoms with van der Waals surface area (Å²) in [6.45, 7) is 0. The zero-order valence-electron chi connectivity index (χ0n) is 14.5. The minimum Gasteiger partial charge on any atom is -0.497 e. The third-order valence-electron chi connectivity index (χ3n) is 5.49. The van der Waals surface area contributed by atoms with Crippen LogP contribution >= 0.6 is 0 Å². The molecule has 124 valence electrons. The van der Waals surface area contributed by atoms with E-state index in [1.165, 1.54) is 41.5 Å². The van der Waals surface area contributed by atoms with Crippen LogP contribution in [0.25, 0.3) is 6.08 Å². The van der Waals surface area contributed by atoms with Crippen molar-refractivity contribution in [1.29, 1.82) is 0 Å². The first-order valence-corrected chi connectivity index (χ1v) is 8.82. The molecular weight excluding hydrogens is 296 g/mol. The SMILES string of the molecule is COc1ccc2c(c1)CCC(C1CCCc3cc(OC)ccc31)=C2. The quantitative estimate of drug-likeness (QED) is 0.778. The first-order valence-electron chi connectivity index (χ1n) is 8.82. The minimum atomic E-state index is 0.565. The maximum Gasteiger partial charge on any atom is 0.119 e. The van der Waals surface area contributed by atoms with Crippen LogP contribution in [0.1, 0.15) is 47.4 Å². The normalized spacial score (nSPS) is 19.1. The fourth-order valence-corrected chi connectivity index (χ4v) is 4.19. The fraction of sp³-hybridized carbons (Fsp3) is 0.364. The largest absolute Gasteiger partial charge is 0.497 e. The molecule has 2 aliphatic rings. The van der Waals surface area contributed by atoms with E-state index in [1.807, 2.05) is 0 Å². The lowest BCUT2D eigenvalue weighted by atomic mass is 9.75. The molecule has 0 spiro atoms. The Bertz CT molecular complexity index is 789. The molecule has 0 aromatic heterocycles. The third kappa shape index (κ3) is 2.71. The van der Waals surface area contributed by atoms with Gasteiger partial charge in [0.05, 0.1) is 14.2 Å². The van der Waals surface area contributed by atoms with Gasteiger partial charge in [-0.15, -0.1) is 0 Å². The summed E-state index contributed by atoms with van der Waals surface area (Å²) in [5.74, 6) is 2.50. The van der Waals surface area contributed by atoms with Crippen LogP contribution in [0.15, 0.2) is 42.0 Å². The number of hydrogen-bond acceptors (Lipinski definition) is 2. The lowest BCUT2D eigenvalue weighted by Gasteiger charge is -2.30. The van der Waals surface area contributed by atoms with E-state index in [1.54, 1.807) is 19.8 Å². The van der Waals surface area contributed by atoms with E-state index in [2.05, 4.69) is 42.5 Å². The van der Waals surface area contributed by atoms with Crippen LogP contribution in [0.4, 0.5) is 0 Å². The van der Waals surface area contributed by atoms with E-state index in [-0.39, 0.29) is 0 Å². The lowest BCUT2D eigenvalue weighted by Crippen LogP contribution is -2.14. The van der Waals surface area contributed by atoms with Gasteiger partial charge in [0.15, 0.2) is 0 Å². The first kappa shape index (κ1) is 15.3. The molecule has 0 saturated carbocycles. The molecule has 0 saturated heterocycles. The molecule has 24 heavy (non-hydrogen) atoms. The molecule has 2 nitrogen and oxygen atoms in total. The molecule has 2 aromatic rings. The molecule has 0 heterocycles. The Hall–Kier alpha value is -2.22. The van der Waals surface area contributed by atoms with Gasteiger partial charge < -0.3 is 9.47 Å². The summed E-state index contributed by atoms with van der Waals surface area (Å²) in [7, 11) is 3.48. The van der Waals surface area contributed by atoms with Gasteiger partial charge in [-0.25, -0.2) is 0 Å². The van der Waals surface area contributed by atoms with E-state index in [4.69, 9.17) is 9.47 Å². The number of aryl methyl sites for hydroxylation is 2. The van der Waals surface area contributed by atoms with Crippen molar-refractivity contribution in [3.8, 4) is 11.5 Å². The van der Waals surface area contributed by atoms with E-state index in [9.17, 15) is 0 Å². The molecule has 2 aromatic carbocycles. The van der Waals surface area contributed by atoms with Crippen molar-refractivity contribution in [3.05, 3.63) is 64.2 Å². The predicted octanol–water partition coefficient (Wildman–Crippen LogP) is 5.15. The molecule has 1 unspecified atom stereocenters. The summed E-state index contributed by atoms with van der Waals surface area (Å²) in [5.41, 5.74) is 7.32. The van der Waals surface area contributed by atoms with Crippen molar-refractivity contribution in [1.82, 2.24) is 0 Å². The average Bonchev–Trinajstić information content (AvgIpc) is 2.66. The predicted molar refractivity (Wildman–Crippen MR) is 98.0 cm³/mol. The van der Waals surface area contributed by atoms with E-state index >= 15 is 0 Å². The van der Waals surface area contributed by atoms with Crippen LogP contribution in [0.2, 0.25) is 0 Å². The molecule has 2 heteroatoms. The van der Waals surface area contributed by atoms with Crippen molar-refractivity contribution < 1.29 is 9.47 Å². The Kier molecular flexibility index (Phi) is 4.05. The summed E-state index contributed by atoms with van der Waals surface area (Å²) in [5, 5.41) is 0. The van der Waals surface area contributed by atoms with Gasteiger partial charge in [-0.05, 0) is 78.6 Å². The van der Waals surface area contributed by atoms with Gasteiger partial charge in [-0.1, -0.05) is 23.8 Å². The Morgan fingerprint density at radius 3 is 2.38 bits per heavy atom. The number of rotatable bonds is 3. The van der Waals surface area contributed by atoms with E-state index < -0.39 is 0 Å². The Morgan fingerprint density at radius 1 is 0.833 bits per heavy atom. The zero-order valence-corrected chi connectivity index (χ0v) is 14.5. The summed E-state index contributed by atoms with van der Waals surface area (Å²) in [6, 6.07) is 13.1. The molecule has 2 aliphatic carbocycles. The molecule has 0 amide bonds. The maximum atomic E-state index is 5.40. The molecule has 1 atom stereocenters. The van der Waals surface area contributed by atoms with Crippen LogP contribution in [0.3, 0.4) is 0 Å². The summed E-state index contributed by atoms with van der Waals surface area (Å²) < 4.78 is 10.8. The highest BCUT2D eigenvalue weighted by atomic mass is 16.5. The Morgan fingerprint density at radius 2 is 1.58 bits per heavy atom. The number of allylic oxidation sites excluding steroid dienone is 1. The standard InChI is InChI=1S/C22H24O2/c1-23-19-9-8-15-12-18(7-6-16(15)13-19)21-5-3-4-17-14-20(24-2)10-11-22(17)21/h8-14,21H,3-7H2,1-2H3. The summed E-state index contributed by atoms with van der Waals surface area (Å²) in [4.78, 5) is 0. The lowest BCUT2D eigenvalue weighted by molar-refractivity contribution is 0.413. The van der Waals surface area contributed by atoms with Crippen molar-refractivity contribution in [2.45, 2.75) is 38.0 Å². The highest BCUT2D eigenvalue weighted by Gasteiger charge is 2.25. The minimum absolute atomic E-state index is 0.565. The van der Waals surface area contributed by atoms with Crippen molar-refractivity contribution in [2.75, 3.05) is 14.2 Å². The Balaban J connectivity index is 1.69. The monoisotopic (exact) mass is 320 g/mol. The van der Waals surface area contributed by atoms with Crippen LogP contribution < -0.4 is 9.47 Å². The van der Waals surface area contributed by atoms with Gasteiger partial charge in [0.25, 0.3) is 0 Å². The second kappa shape index (κ2) is 6.35. The van der Waals surface area contributed by atoms with Crippen LogP contribution in [-0.4, -0.2) is 14.2 Å². The van der Waals surface area contributed by atoms with Crippen molar-refractivity contribution >= 4 is 6.08 Å². The number of ether oxygens (including phenoxy) is 2. The molecule has 0 radical (unpaired) electrons. The molecule has 0 bridgehead atoms. The van der Waals surface area contributed by atoms with Crippen LogP contribution in [0.5, 0.6) is 11.5 Å². The van der Waals surface area contributed by atoms with E-state index in [0.717, 1.165) is 24.3 Å². The number of benzene rings is 2. The second-order valence-corrected chi connectivity index (χ2v) is 6.79. The Labute approximate surface area is 144 Å². The van der Waals surface area contributed by atoms with Crippen molar-refractivity contribution in [3.63, 3.8) is 0 Å². The van der Waals surface area contributed by atoms with Crippen LogP contribution in [-0.2, 0) is 12.8 Å². The fourth-order valence-electron chi connectivity index (χ4n) is 4.19. The molecule has 0 N–H and O–H groups in total. The van der Waals surface area contributed by atoms with Gasteiger partial charge in [-0.3, -0.25) is 0 Å². The number of methoxy groups -OCH3 is 2. The number of hydrogen-bond donors (Lipinski definition) is 0.